The summed E-state index contributed by atoms with van der Waals surface area (Å²) in [6.07, 6.45) is 5.82. The highest BCUT2D eigenvalue weighted by Gasteiger charge is 2.13. The molecule has 0 N–H and O–H groups in total. The lowest BCUT2D eigenvalue weighted by Crippen LogP contribution is -2.21. The molecule has 0 aliphatic heterocycles. The van der Waals surface area contributed by atoms with Gasteiger partial charge in [0.25, 0.3) is 5.69 Å². The summed E-state index contributed by atoms with van der Waals surface area (Å²) in [6, 6.07) is 1.32. The molecular formula is C13H16ClN5O2. The van der Waals surface area contributed by atoms with Gasteiger partial charge in [-0.05, 0) is 13.3 Å². The van der Waals surface area contributed by atoms with Gasteiger partial charge in [0.05, 0.1) is 9.95 Å². The maximum absolute atomic E-state index is 10.7. The minimum atomic E-state index is -0.509. The first-order chi connectivity index (χ1) is 9.99. The van der Waals surface area contributed by atoms with Crippen molar-refractivity contribution in [3.05, 3.63) is 45.6 Å². The summed E-state index contributed by atoms with van der Waals surface area (Å²) in [5.74, 6) is 1.52. The molecule has 8 heteroatoms. The van der Waals surface area contributed by atoms with Crippen molar-refractivity contribution in [1.82, 2.24) is 14.5 Å². The monoisotopic (exact) mass is 309 g/mol. The molecule has 0 bridgehead atoms. The number of imidazole rings is 1. The summed E-state index contributed by atoms with van der Waals surface area (Å²) in [5, 5.41) is 10.9. The van der Waals surface area contributed by atoms with E-state index in [1.54, 1.807) is 6.20 Å². The zero-order valence-electron chi connectivity index (χ0n) is 11.9. The minimum absolute atomic E-state index is 0.105. The van der Waals surface area contributed by atoms with Crippen molar-refractivity contribution >= 4 is 23.1 Å². The average molecular weight is 310 g/mol. The zero-order chi connectivity index (χ0) is 15.4. The van der Waals surface area contributed by atoms with Gasteiger partial charge >= 0.3 is 0 Å². The molecule has 0 aromatic carbocycles. The van der Waals surface area contributed by atoms with Crippen LogP contribution < -0.4 is 4.90 Å². The van der Waals surface area contributed by atoms with E-state index in [-0.39, 0.29) is 10.7 Å². The first kappa shape index (κ1) is 15.2. The second-order valence-corrected chi connectivity index (χ2v) is 5.11. The van der Waals surface area contributed by atoms with E-state index in [2.05, 4.69) is 14.5 Å². The third-order valence-electron chi connectivity index (χ3n) is 3.20. The Balaban J connectivity index is 1.95. The average Bonchev–Trinajstić information content (AvgIpc) is 2.84. The van der Waals surface area contributed by atoms with Crippen LogP contribution in [0.1, 0.15) is 12.2 Å². The Labute approximate surface area is 127 Å². The molecule has 0 fully saturated rings. The number of hydrogen-bond donors (Lipinski definition) is 0. The quantitative estimate of drug-likeness (QED) is 0.605. The predicted octanol–water partition coefficient (Wildman–Crippen LogP) is 2.67. The number of nitro groups is 1. The SMILES string of the molecule is Cc1nccn1CCCN(C)c1ncc([N+](=O)[O-])cc1Cl. The molecule has 0 amide bonds. The molecule has 7 nitrogen and oxygen atoms in total. The van der Waals surface area contributed by atoms with Crippen molar-refractivity contribution in [2.45, 2.75) is 19.9 Å². The van der Waals surface area contributed by atoms with Gasteiger partial charge in [0.2, 0.25) is 0 Å². The van der Waals surface area contributed by atoms with E-state index in [1.165, 1.54) is 12.3 Å². The van der Waals surface area contributed by atoms with Crippen molar-refractivity contribution in [3.63, 3.8) is 0 Å². The van der Waals surface area contributed by atoms with E-state index >= 15 is 0 Å². The van der Waals surface area contributed by atoms with Crippen molar-refractivity contribution < 1.29 is 4.92 Å². The Morgan fingerprint density at radius 3 is 2.81 bits per heavy atom. The molecule has 0 unspecified atom stereocenters. The van der Waals surface area contributed by atoms with Crippen molar-refractivity contribution in [2.24, 2.45) is 0 Å². The topological polar surface area (TPSA) is 77.1 Å². The van der Waals surface area contributed by atoms with Crippen LogP contribution in [0.3, 0.4) is 0 Å². The number of halogens is 1. The molecule has 2 heterocycles. The van der Waals surface area contributed by atoms with Crippen LogP contribution in [0.25, 0.3) is 0 Å². The Morgan fingerprint density at radius 1 is 1.48 bits per heavy atom. The zero-order valence-corrected chi connectivity index (χ0v) is 12.6. The van der Waals surface area contributed by atoms with Crippen LogP contribution in [0, 0.1) is 17.0 Å². The van der Waals surface area contributed by atoms with Crippen molar-refractivity contribution in [2.75, 3.05) is 18.5 Å². The molecule has 0 aliphatic rings. The molecule has 0 atom stereocenters. The highest BCUT2D eigenvalue weighted by molar-refractivity contribution is 6.33. The number of anilines is 1. The Morgan fingerprint density at radius 2 is 2.24 bits per heavy atom. The van der Waals surface area contributed by atoms with E-state index in [4.69, 9.17) is 11.6 Å². The maximum Gasteiger partial charge on any atom is 0.289 e. The molecule has 0 saturated carbocycles. The summed E-state index contributed by atoms with van der Waals surface area (Å²) in [6.45, 7) is 3.54. The molecule has 2 aromatic heterocycles. The molecule has 0 radical (unpaired) electrons. The third-order valence-corrected chi connectivity index (χ3v) is 3.47. The van der Waals surface area contributed by atoms with Gasteiger partial charge in [-0.15, -0.1) is 0 Å². The van der Waals surface area contributed by atoms with Crippen LogP contribution >= 0.6 is 11.6 Å². The van der Waals surface area contributed by atoms with Gasteiger partial charge in [0, 0.05) is 38.6 Å². The van der Waals surface area contributed by atoms with Gasteiger partial charge in [-0.2, -0.15) is 0 Å². The fourth-order valence-electron chi connectivity index (χ4n) is 2.03. The fraction of sp³-hybridized carbons (Fsp3) is 0.385. The second-order valence-electron chi connectivity index (χ2n) is 4.70. The summed E-state index contributed by atoms with van der Waals surface area (Å²) in [4.78, 5) is 20.3. The van der Waals surface area contributed by atoms with E-state index in [9.17, 15) is 10.1 Å². The van der Waals surface area contributed by atoms with Crippen LogP contribution in [0.4, 0.5) is 11.5 Å². The number of rotatable bonds is 6. The highest BCUT2D eigenvalue weighted by Crippen LogP contribution is 2.26. The molecule has 2 rings (SSSR count). The van der Waals surface area contributed by atoms with Crippen molar-refractivity contribution in [3.8, 4) is 0 Å². The second kappa shape index (κ2) is 6.53. The first-order valence-electron chi connectivity index (χ1n) is 6.48. The van der Waals surface area contributed by atoms with Crippen LogP contribution in [-0.4, -0.2) is 33.1 Å². The number of nitrogens with zero attached hydrogens (tertiary/aromatic N) is 5. The summed E-state index contributed by atoms with van der Waals surface area (Å²) < 4.78 is 2.07. The van der Waals surface area contributed by atoms with E-state index in [0.29, 0.717) is 5.82 Å². The van der Waals surface area contributed by atoms with Gasteiger partial charge in [0.15, 0.2) is 0 Å². The van der Waals surface area contributed by atoms with E-state index < -0.39 is 4.92 Å². The Kier molecular flexibility index (Phi) is 4.74. The largest absolute Gasteiger partial charge is 0.358 e. The standard InChI is InChI=1S/C13H16ClN5O2/c1-10-15-4-7-18(10)6-3-5-17(2)13-12(14)8-11(9-16-13)19(20)21/h4,7-9H,3,5-6H2,1-2H3. The lowest BCUT2D eigenvalue weighted by molar-refractivity contribution is -0.385. The molecule has 0 spiro atoms. The fourth-order valence-corrected chi connectivity index (χ4v) is 2.33. The normalized spacial score (nSPS) is 10.6. The summed E-state index contributed by atoms with van der Waals surface area (Å²) >= 11 is 6.05. The first-order valence-corrected chi connectivity index (χ1v) is 6.85. The number of aromatic nitrogens is 3. The van der Waals surface area contributed by atoms with Gasteiger partial charge in [-0.3, -0.25) is 10.1 Å². The van der Waals surface area contributed by atoms with Crippen LogP contribution in [-0.2, 0) is 6.54 Å². The maximum atomic E-state index is 10.7. The van der Waals surface area contributed by atoms with Gasteiger partial charge < -0.3 is 9.47 Å². The molecule has 2 aromatic rings. The van der Waals surface area contributed by atoms with Gasteiger partial charge in [-0.25, -0.2) is 9.97 Å². The van der Waals surface area contributed by atoms with Gasteiger partial charge in [-0.1, -0.05) is 11.6 Å². The molecule has 112 valence electrons. The van der Waals surface area contributed by atoms with E-state index in [1.807, 2.05) is 25.1 Å². The lowest BCUT2D eigenvalue weighted by atomic mass is 10.3. The Hall–Kier alpha value is -2.15. The lowest BCUT2D eigenvalue weighted by Gasteiger charge is -2.19. The van der Waals surface area contributed by atoms with Crippen LogP contribution in [0.15, 0.2) is 24.7 Å². The number of aryl methyl sites for hydroxylation is 2. The molecule has 0 saturated heterocycles. The number of pyridine rings is 1. The smallest absolute Gasteiger partial charge is 0.289 e. The Bertz CT molecular complexity index is 643. The summed E-state index contributed by atoms with van der Waals surface area (Å²) in [5.41, 5.74) is -0.105. The molecule has 21 heavy (non-hydrogen) atoms. The van der Waals surface area contributed by atoms with E-state index in [0.717, 1.165) is 25.3 Å². The van der Waals surface area contributed by atoms with Gasteiger partial charge in [0.1, 0.15) is 17.8 Å². The third kappa shape index (κ3) is 3.69. The minimum Gasteiger partial charge on any atom is -0.358 e. The highest BCUT2D eigenvalue weighted by atomic mass is 35.5. The molecular weight excluding hydrogens is 294 g/mol. The predicted molar refractivity (Wildman–Crippen MR) is 80.8 cm³/mol. The molecule has 0 aliphatic carbocycles. The van der Waals surface area contributed by atoms with Crippen LogP contribution in [0.2, 0.25) is 5.02 Å². The van der Waals surface area contributed by atoms with Crippen molar-refractivity contribution in [1.29, 1.82) is 0 Å². The summed E-state index contributed by atoms with van der Waals surface area (Å²) in [7, 11) is 1.86. The number of hydrogen-bond acceptors (Lipinski definition) is 5. The van der Waals surface area contributed by atoms with Crippen LogP contribution in [0.5, 0.6) is 0 Å².